The molecule has 0 aliphatic carbocycles. The van der Waals surface area contributed by atoms with E-state index >= 15 is 0 Å². The molecule has 0 aliphatic rings. The third-order valence-corrected chi connectivity index (χ3v) is 8.86. The maximum Gasteiger partial charge on any atom is 0.472 e. The van der Waals surface area contributed by atoms with Crippen LogP contribution in [0.2, 0.25) is 0 Å². The molecule has 0 aromatic carbocycles. The second-order valence-electron chi connectivity index (χ2n) is 14.0. The summed E-state index contributed by atoms with van der Waals surface area (Å²) in [6.07, 6.45) is 38.2. The molecule has 51 heavy (non-hydrogen) atoms. The predicted molar refractivity (Wildman–Crippen MR) is 212 cm³/mol. The molecule has 3 N–H and O–H groups in total. The first-order valence-corrected chi connectivity index (χ1v) is 20.8. The molecule has 0 aliphatic heterocycles. The third-order valence-electron chi connectivity index (χ3n) is 7.88. The van der Waals surface area contributed by atoms with Crippen molar-refractivity contribution in [2.24, 2.45) is 0 Å². The fraction of sp³-hybridized carbons (Fsp3) is 0.659. The lowest BCUT2D eigenvalue weighted by Crippen LogP contribution is -2.45. The van der Waals surface area contributed by atoms with Crippen LogP contribution in [0.25, 0.3) is 0 Å². The van der Waals surface area contributed by atoms with Crippen molar-refractivity contribution in [3.8, 4) is 0 Å². The van der Waals surface area contributed by atoms with Crippen molar-refractivity contribution in [1.82, 2.24) is 5.32 Å². The molecular weight excluding hydrogens is 663 g/mol. The van der Waals surface area contributed by atoms with Crippen molar-refractivity contribution in [2.45, 2.75) is 135 Å². The smallest absolute Gasteiger partial charge is 0.387 e. The van der Waals surface area contributed by atoms with Crippen molar-refractivity contribution in [1.29, 1.82) is 0 Å². The number of carbonyl (C=O) groups is 2. The van der Waals surface area contributed by atoms with Crippen LogP contribution in [-0.4, -0.2) is 79.2 Å². The van der Waals surface area contributed by atoms with Gasteiger partial charge in [0.15, 0.2) is 5.78 Å². The highest BCUT2D eigenvalue weighted by atomic mass is 31.2. The second-order valence-corrected chi connectivity index (χ2v) is 15.4. The molecule has 3 atom stereocenters. The minimum Gasteiger partial charge on any atom is -0.387 e. The molecule has 10 heteroatoms. The Kier molecular flexibility index (Phi) is 30.8. The Morgan fingerprint density at radius 2 is 1.33 bits per heavy atom. The van der Waals surface area contributed by atoms with Gasteiger partial charge in [-0.1, -0.05) is 119 Å². The summed E-state index contributed by atoms with van der Waals surface area (Å²) in [4.78, 5) is 34.7. The number of phosphoric acid groups is 1. The molecule has 0 fully saturated rings. The van der Waals surface area contributed by atoms with Crippen molar-refractivity contribution in [2.75, 3.05) is 40.9 Å². The number of aliphatic hydroxyl groups excluding tert-OH is 1. The monoisotopic (exact) mass is 736 g/mol. The highest BCUT2D eigenvalue weighted by Crippen LogP contribution is 2.43. The first-order chi connectivity index (χ1) is 24.4. The first-order valence-electron chi connectivity index (χ1n) is 19.3. The lowest BCUT2D eigenvalue weighted by molar-refractivity contribution is -0.870. The quantitative estimate of drug-likeness (QED) is 0.0153. The fourth-order valence-electron chi connectivity index (χ4n) is 4.71. The molecule has 0 rings (SSSR count). The Balaban J connectivity index is 4.72. The van der Waals surface area contributed by atoms with Crippen LogP contribution in [0.15, 0.2) is 72.9 Å². The van der Waals surface area contributed by atoms with Crippen LogP contribution < -0.4 is 5.32 Å². The normalized spacial score (nSPS) is 15.3. The second kappa shape index (κ2) is 32.3. The van der Waals surface area contributed by atoms with E-state index in [1.165, 1.54) is 32.1 Å². The van der Waals surface area contributed by atoms with Crippen LogP contribution in [0.3, 0.4) is 0 Å². The maximum atomic E-state index is 12.8. The number of nitrogens with zero attached hydrogens (tertiary/aromatic N) is 1. The minimum absolute atomic E-state index is 0.0312. The number of unbranched alkanes of at least 4 members (excludes halogenated alkanes) is 9. The number of hydrogen-bond acceptors (Lipinski definition) is 6. The third kappa shape index (κ3) is 34.5. The summed E-state index contributed by atoms with van der Waals surface area (Å²) in [5.74, 6) is -0.0959. The van der Waals surface area contributed by atoms with Crippen LogP contribution in [0.5, 0.6) is 0 Å². The van der Waals surface area contributed by atoms with E-state index in [1.54, 1.807) is 18.2 Å². The van der Waals surface area contributed by atoms with Crippen LogP contribution in [0.4, 0.5) is 0 Å². The summed E-state index contributed by atoms with van der Waals surface area (Å²) >= 11 is 0. The van der Waals surface area contributed by atoms with Gasteiger partial charge in [-0.15, -0.1) is 0 Å². The first kappa shape index (κ1) is 48.6. The number of amides is 1. The topological polar surface area (TPSA) is 122 Å². The summed E-state index contributed by atoms with van der Waals surface area (Å²) in [7, 11) is 1.46. The van der Waals surface area contributed by atoms with Gasteiger partial charge in [0.05, 0.1) is 39.9 Å². The molecule has 0 saturated heterocycles. The number of nitrogens with one attached hydrogen (secondary N) is 1. The van der Waals surface area contributed by atoms with Crippen LogP contribution in [0.1, 0.15) is 123 Å². The minimum atomic E-state index is -4.37. The summed E-state index contributed by atoms with van der Waals surface area (Å²) in [5, 5.41) is 13.6. The largest absolute Gasteiger partial charge is 0.472 e. The molecule has 292 valence electrons. The van der Waals surface area contributed by atoms with Gasteiger partial charge in [0.2, 0.25) is 5.91 Å². The molecule has 0 aromatic rings. The summed E-state index contributed by atoms with van der Waals surface area (Å²) in [5.41, 5.74) is 0. The number of aliphatic hydroxyl groups is 1. The molecule has 1 amide bonds. The summed E-state index contributed by atoms with van der Waals surface area (Å²) in [6.45, 7) is 4.51. The van der Waals surface area contributed by atoms with E-state index in [4.69, 9.17) is 9.05 Å². The Morgan fingerprint density at radius 1 is 0.725 bits per heavy atom. The van der Waals surface area contributed by atoms with E-state index in [1.807, 2.05) is 45.4 Å². The average Bonchev–Trinajstić information content (AvgIpc) is 3.06. The van der Waals surface area contributed by atoms with Crippen LogP contribution in [-0.2, 0) is 23.2 Å². The zero-order valence-corrected chi connectivity index (χ0v) is 33.4. The van der Waals surface area contributed by atoms with Gasteiger partial charge in [-0.25, -0.2) is 4.57 Å². The Morgan fingerprint density at radius 3 is 2.06 bits per heavy atom. The number of rotatable bonds is 33. The number of quaternary nitrogens is 1. The van der Waals surface area contributed by atoms with E-state index in [0.29, 0.717) is 23.9 Å². The standard InChI is InChI=1S/C41H71N2O7P/c1-6-8-10-11-12-13-15-19-22-25-29-33-40(45)39(37-50-51(47,48)49-36-35-43(3,4)5)42-41(46)34-30-26-23-20-17-14-16-18-21-24-28-32-38(44)31-27-9-7-2/h14-16,19-21,23-24,28-29,32-33,39-40,45H,6-13,17-18,22,25-27,30-31,34-37H2,1-5H3,(H-,42,46,47,48)/p+1/b16-14-,19-15-,23-20-,24-21-,32-28+,33-29+/t39-,40+/m0/s1. The number of ketones is 1. The van der Waals surface area contributed by atoms with Gasteiger partial charge >= 0.3 is 7.82 Å². The lowest BCUT2D eigenvalue weighted by Gasteiger charge is -2.25. The molecule has 1 unspecified atom stereocenters. The summed E-state index contributed by atoms with van der Waals surface area (Å²) < 4.78 is 23.3. The van der Waals surface area contributed by atoms with E-state index < -0.39 is 20.0 Å². The molecule has 0 saturated carbocycles. The molecule has 9 nitrogen and oxygen atoms in total. The fourth-order valence-corrected chi connectivity index (χ4v) is 5.44. The number of carbonyl (C=O) groups excluding carboxylic acids is 2. The SMILES string of the molecule is CCCCCCC/C=C\CC/C=C/[C@@H](O)[C@H](COP(=O)(O)OCC[N+](C)(C)C)NC(=O)CCC/C=C\C/C=C\C/C=C\C=C\C(=O)CCCCC. The van der Waals surface area contributed by atoms with Crippen LogP contribution in [0, 0.1) is 0 Å². The van der Waals surface area contributed by atoms with E-state index in [0.717, 1.165) is 57.8 Å². The molecule has 0 radical (unpaired) electrons. The van der Waals surface area contributed by atoms with Gasteiger partial charge in [0, 0.05) is 12.8 Å². The van der Waals surface area contributed by atoms with Crippen molar-refractivity contribution >= 4 is 19.5 Å². The number of hydrogen-bond donors (Lipinski definition) is 3. The van der Waals surface area contributed by atoms with Gasteiger partial charge in [-0.2, -0.15) is 0 Å². The zero-order chi connectivity index (χ0) is 38.1. The van der Waals surface area contributed by atoms with Crippen molar-refractivity contribution in [3.63, 3.8) is 0 Å². The maximum absolute atomic E-state index is 12.8. The molecular formula is C41H72N2O7P+. The Bertz CT molecular complexity index is 1120. The summed E-state index contributed by atoms with van der Waals surface area (Å²) in [6, 6.07) is -0.911. The predicted octanol–water partition coefficient (Wildman–Crippen LogP) is 9.25. The molecule has 0 aromatic heterocycles. The van der Waals surface area contributed by atoms with E-state index in [9.17, 15) is 24.2 Å². The lowest BCUT2D eigenvalue weighted by atomic mass is 10.1. The van der Waals surface area contributed by atoms with Gasteiger partial charge in [0.25, 0.3) is 0 Å². The molecule has 0 heterocycles. The van der Waals surface area contributed by atoms with Gasteiger partial charge < -0.3 is 19.8 Å². The highest BCUT2D eigenvalue weighted by Gasteiger charge is 2.27. The Hall–Kier alpha value is -2.39. The van der Waals surface area contributed by atoms with Crippen molar-refractivity contribution in [3.05, 3.63) is 72.9 Å². The molecule has 0 spiro atoms. The number of phosphoric ester groups is 1. The van der Waals surface area contributed by atoms with E-state index in [-0.39, 0.29) is 31.3 Å². The van der Waals surface area contributed by atoms with Gasteiger partial charge in [-0.3, -0.25) is 18.6 Å². The molecule has 0 bridgehead atoms. The van der Waals surface area contributed by atoms with Crippen LogP contribution >= 0.6 is 7.82 Å². The van der Waals surface area contributed by atoms with Gasteiger partial charge in [-0.05, 0) is 63.9 Å². The average molecular weight is 736 g/mol. The Labute approximate surface area is 310 Å². The number of likely N-dealkylation sites (N-methyl/N-ethyl adjacent to an activating group) is 1. The van der Waals surface area contributed by atoms with E-state index in [2.05, 4.69) is 49.5 Å². The zero-order valence-electron chi connectivity index (χ0n) is 32.6. The number of allylic oxidation sites excluding steroid dienone is 11. The van der Waals surface area contributed by atoms with Crippen molar-refractivity contribution < 1.29 is 37.7 Å². The van der Waals surface area contributed by atoms with Gasteiger partial charge in [0.1, 0.15) is 13.2 Å². The highest BCUT2D eigenvalue weighted by molar-refractivity contribution is 7.47.